The molecule has 5 heteroatoms. The normalized spacial score (nSPS) is 11.3. The van der Waals surface area contributed by atoms with Gasteiger partial charge in [-0.1, -0.05) is 6.92 Å². The fourth-order valence-electron chi connectivity index (χ4n) is 1.17. The number of benzene rings is 1. The van der Waals surface area contributed by atoms with Gasteiger partial charge in [0.2, 0.25) is 10.0 Å². The molecule has 0 aromatic heterocycles. The summed E-state index contributed by atoms with van der Waals surface area (Å²) in [5.74, 6) is 0.140. The molecule has 0 bridgehead atoms. The van der Waals surface area contributed by atoms with Crippen molar-refractivity contribution < 1.29 is 13.5 Å². The summed E-state index contributed by atoms with van der Waals surface area (Å²) in [6.07, 6.45) is 1.76. The molecule has 0 atom stereocenters. The first-order chi connectivity index (χ1) is 6.42. The standard InChI is InChI=1S/C9H13NO3S/c1-3-7-6-8(11)4-5-9(7)10-14(2,12)13/h4-6,10-11H,3H2,1-2H3. The monoisotopic (exact) mass is 215 g/mol. The van der Waals surface area contributed by atoms with Crippen LogP contribution in [-0.2, 0) is 16.4 Å². The molecule has 0 unspecified atom stereocenters. The highest BCUT2D eigenvalue weighted by atomic mass is 32.2. The van der Waals surface area contributed by atoms with Crippen LogP contribution in [-0.4, -0.2) is 19.8 Å². The average molecular weight is 215 g/mol. The highest BCUT2D eigenvalue weighted by molar-refractivity contribution is 7.92. The summed E-state index contributed by atoms with van der Waals surface area (Å²) in [7, 11) is -3.25. The van der Waals surface area contributed by atoms with Crippen molar-refractivity contribution >= 4 is 15.7 Å². The highest BCUT2D eigenvalue weighted by Gasteiger charge is 2.06. The summed E-state index contributed by atoms with van der Waals surface area (Å²) >= 11 is 0. The lowest BCUT2D eigenvalue weighted by Gasteiger charge is -2.09. The minimum absolute atomic E-state index is 0.140. The molecule has 2 N–H and O–H groups in total. The van der Waals surface area contributed by atoms with Crippen LogP contribution >= 0.6 is 0 Å². The van der Waals surface area contributed by atoms with Crippen molar-refractivity contribution in [3.63, 3.8) is 0 Å². The van der Waals surface area contributed by atoms with E-state index >= 15 is 0 Å². The van der Waals surface area contributed by atoms with Crippen molar-refractivity contribution in [2.45, 2.75) is 13.3 Å². The van der Waals surface area contributed by atoms with Crippen molar-refractivity contribution in [3.8, 4) is 5.75 Å². The predicted octanol–water partition coefficient (Wildman–Crippen LogP) is 1.33. The van der Waals surface area contributed by atoms with Gasteiger partial charge < -0.3 is 5.11 Å². The summed E-state index contributed by atoms with van der Waals surface area (Å²) in [5.41, 5.74) is 1.29. The van der Waals surface area contributed by atoms with Crippen molar-refractivity contribution in [1.29, 1.82) is 0 Å². The minimum atomic E-state index is -3.25. The Kier molecular flexibility index (Phi) is 3.00. The summed E-state index contributed by atoms with van der Waals surface area (Å²) in [6, 6.07) is 4.55. The van der Waals surface area contributed by atoms with Gasteiger partial charge in [-0.05, 0) is 30.2 Å². The van der Waals surface area contributed by atoms with Crippen LogP contribution in [0.1, 0.15) is 12.5 Å². The third kappa shape index (κ3) is 2.92. The highest BCUT2D eigenvalue weighted by Crippen LogP contribution is 2.22. The maximum atomic E-state index is 11.0. The van der Waals surface area contributed by atoms with Crippen LogP contribution in [0.3, 0.4) is 0 Å². The van der Waals surface area contributed by atoms with Gasteiger partial charge in [0.05, 0.1) is 11.9 Å². The Hall–Kier alpha value is -1.23. The van der Waals surface area contributed by atoms with E-state index in [1.165, 1.54) is 6.07 Å². The van der Waals surface area contributed by atoms with Crippen LogP contribution in [0.2, 0.25) is 0 Å². The fraction of sp³-hybridized carbons (Fsp3) is 0.333. The van der Waals surface area contributed by atoms with E-state index in [9.17, 15) is 13.5 Å². The van der Waals surface area contributed by atoms with Gasteiger partial charge in [-0.3, -0.25) is 4.72 Å². The van der Waals surface area contributed by atoms with E-state index in [1.54, 1.807) is 12.1 Å². The van der Waals surface area contributed by atoms with Gasteiger partial charge in [0.25, 0.3) is 0 Å². The van der Waals surface area contributed by atoms with E-state index in [2.05, 4.69) is 4.72 Å². The molecule has 0 spiro atoms. The Labute approximate surface area is 83.6 Å². The first-order valence-electron chi connectivity index (χ1n) is 4.22. The topological polar surface area (TPSA) is 66.4 Å². The summed E-state index contributed by atoms with van der Waals surface area (Å²) in [5, 5.41) is 9.19. The van der Waals surface area contributed by atoms with Gasteiger partial charge in [-0.15, -0.1) is 0 Å². The molecule has 0 saturated carbocycles. The van der Waals surface area contributed by atoms with Gasteiger partial charge in [0, 0.05) is 0 Å². The van der Waals surface area contributed by atoms with E-state index < -0.39 is 10.0 Å². The third-order valence-electron chi connectivity index (χ3n) is 1.77. The summed E-state index contributed by atoms with van der Waals surface area (Å²) in [4.78, 5) is 0. The van der Waals surface area contributed by atoms with Gasteiger partial charge in [-0.2, -0.15) is 0 Å². The predicted molar refractivity (Wildman–Crippen MR) is 56.0 cm³/mol. The molecule has 1 aromatic carbocycles. The number of phenolic OH excluding ortho intramolecular Hbond substituents is 1. The average Bonchev–Trinajstić information content (AvgIpc) is 2.06. The van der Waals surface area contributed by atoms with Crippen molar-refractivity contribution in [1.82, 2.24) is 0 Å². The molecule has 0 saturated heterocycles. The van der Waals surface area contributed by atoms with Crippen molar-refractivity contribution in [2.75, 3.05) is 11.0 Å². The second-order valence-electron chi connectivity index (χ2n) is 3.07. The number of nitrogens with one attached hydrogen (secondary N) is 1. The quantitative estimate of drug-likeness (QED) is 0.747. The molecule has 14 heavy (non-hydrogen) atoms. The van der Waals surface area contributed by atoms with Crippen LogP contribution in [0.5, 0.6) is 5.75 Å². The zero-order chi connectivity index (χ0) is 10.8. The Balaban J connectivity index is 3.09. The third-order valence-corrected chi connectivity index (χ3v) is 2.36. The van der Waals surface area contributed by atoms with E-state index in [1.807, 2.05) is 6.92 Å². The molecule has 0 heterocycles. The first-order valence-corrected chi connectivity index (χ1v) is 6.11. The van der Waals surface area contributed by atoms with Gasteiger partial charge in [-0.25, -0.2) is 8.42 Å². The van der Waals surface area contributed by atoms with Crippen molar-refractivity contribution in [2.24, 2.45) is 0 Å². The molecule has 0 aliphatic heterocycles. The number of sulfonamides is 1. The molecule has 0 aliphatic rings. The first kappa shape index (κ1) is 10.8. The molecule has 1 aromatic rings. The molecular formula is C9H13NO3S. The number of hydrogen-bond acceptors (Lipinski definition) is 3. The Morgan fingerprint density at radius 2 is 2.07 bits per heavy atom. The van der Waals surface area contributed by atoms with Crippen LogP contribution in [0.15, 0.2) is 18.2 Å². The van der Waals surface area contributed by atoms with Gasteiger partial charge in [0.1, 0.15) is 5.75 Å². The Morgan fingerprint density at radius 1 is 1.43 bits per heavy atom. The number of rotatable bonds is 3. The zero-order valence-corrected chi connectivity index (χ0v) is 8.93. The minimum Gasteiger partial charge on any atom is -0.508 e. The lowest BCUT2D eigenvalue weighted by molar-refractivity contribution is 0.474. The number of anilines is 1. The number of phenols is 1. The Bertz CT molecular complexity index is 426. The molecule has 78 valence electrons. The second-order valence-corrected chi connectivity index (χ2v) is 4.82. The molecule has 4 nitrogen and oxygen atoms in total. The molecule has 0 fully saturated rings. The fourth-order valence-corrected chi connectivity index (χ4v) is 1.77. The van der Waals surface area contributed by atoms with E-state index in [0.29, 0.717) is 12.1 Å². The second kappa shape index (κ2) is 3.88. The lowest BCUT2D eigenvalue weighted by atomic mass is 10.1. The van der Waals surface area contributed by atoms with Crippen LogP contribution in [0.4, 0.5) is 5.69 Å². The SMILES string of the molecule is CCc1cc(O)ccc1NS(C)(=O)=O. The van der Waals surface area contributed by atoms with Gasteiger partial charge in [0.15, 0.2) is 0 Å². The summed E-state index contributed by atoms with van der Waals surface area (Å²) in [6.45, 7) is 1.89. The zero-order valence-electron chi connectivity index (χ0n) is 8.11. The summed E-state index contributed by atoms with van der Waals surface area (Å²) < 4.78 is 24.3. The van der Waals surface area contributed by atoms with Gasteiger partial charge >= 0.3 is 0 Å². The Morgan fingerprint density at radius 3 is 2.57 bits per heavy atom. The van der Waals surface area contributed by atoms with E-state index in [4.69, 9.17) is 0 Å². The molecule has 1 rings (SSSR count). The smallest absolute Gasteiger partial charge is 0.229 e. The largest absolute Gasteiger partial charge is 0.508 e. The molecule has 0 aliphatic carbocycles. The lowest BCUT2D eigenvalue weighted by Crippen LogP contribution is -2.10. The number of hydrogen-bond donors (Lipinski definition) is 2. The van der Waals surface area contributed by atoms with Crippen molar-refractivity contribution in [3.05, 3.63) is 23.8 Å². The molecule has 0 radical (unpaired) electrons. The van der Waals surface area contributed by atoms with Crippen LogP contribution < -0.4 is 4.72 Å². The van der Waals surface area contributed by atoms with Crippen LogP contribution in [0, 0.1) is 0 Å². The molecular weight excluding hydrogens is 202 g/mol. The molecule has 0 amide bonds. The number of aryl methyl sites for hydroxylation is 1. The van der Waals surface area contributed by atoms with E-state index in [-0.39, 0.29) is 5.75 Å². The van der Waals surface area contributed by atoms with Crippen LogP contribution in [0.25, 0.3) is 0 Å². The maximum absolute atomic E-state index is 11.0. The number of aromatic hydroxyl groups is 1. The van der Waals surface area contributed by atoms with E-state index in [0.717, 1.165) is 11.8 Å². The maximum Gasteiger partial charge on any atom is 0.229 e.